The van der Waals surface area contributed by atoms with Crippen molar-refractivity contribution in [2.24, 2.45) is 0 Å². The number of methoxy groups -OCH3 is 1. The predicted molar refractivity (Wildman–Crippen MR) is 69.0 cm³/mol. The van der Waals surface area contributed by atoms with Crippen LogP contribution in [0.4, 0.5) is 0 Å². The van der Waals surface area contributed by atoms with Crippen molar-refractivity contribution in [3.63, 3.8) is 0 Å². The monoisotopic (exact) mass is 258 g/mol. The number of rotatable bonds is 4. The average molecular weight is 258 g/mol. The lowest BCUT2D eigenvalue weighted by molar-refractivity contribution is 0.0951. The van der Waals surface area contributed by atoms with Gasteiger partial charge in [-0.1, -0.05) is 5.16 Å². The van der Waals surface area contributed by atoms with E-state index >= 15 is 0 Å². The van der Waals surface area contributed by atoms with E-state index in [1.165, 1.54) is 6.20 Å². The van der Waals surface area contributed by atoms with Gasteiger partial charge in [-0.05, 0) is 37.1 Å². The minimum absolute atomic E-state index is 0.130. The maximum atomic E-state index is 12.0. The van der Waals surface area contributed by atoms with Gasteiger partial charge in [-0.15, -0.1) is 0 Å². The van der Waals surface area contributed by atoms with E-state index in [1.54, 1.807) is 7.11 Å². The van der Waals surface area contributed by atoms with E-state index in [0.29, 0.717) is 17.4 Å². The third kappa shape index (κ3) is 2.45. The number of ether oxygens (including phenoxy) is 1. The van der Waals surface area contributed by atoms with Crippen LogP contribution in [-0.4, -0.2) is 24.2 Å². The first-order chi connectivity index (χ1) is 9.28. The maximum Gasteiger partial charge on any atom is 0.257 e. The van der Waals surface area contributed by atoms with Gasteiger partial charge < -0.3 is 14.6 Å². The minimum atomic E-state index is -0.130. The second kappa shape index (κ2) is 4.76. The van der Waals surface area contributed by atoms with E-state index in [4.69, 9.17) is 9.26 Å². The number of hydrogen-bond acceptors (Lipinski definition) is 4. The van der Waals surface area contributed by atoms with Crippen LogP contribution in [0, 0.1) is 0 Å². The molecule has 1 amide bonds. The molecule has 1 fully saturated rings. The minimum Gasteiger partial charge on any atom is -0.497 e. The average Bonchev–Trinajstić information content (AvgIpc) is 3.11. The highest BCUT2D eigenvalue weighted by molar-refractivity contribution is 5.99. The second-order valence-corrected chi connectivity index (χ2v) is 4.54. The Labute approximate surface area is 110 Å². The first-order valence-electron chi connectivity index (χ1n) is 6.18. The van der Waals surface area contributed by atoms with E-state index in [9.17, 15) is 4.79 Å². The SMILES string of the molecule is COc1ccc(-c2oncc2C(=O)NC2CC2)cc1. The van der Waals surface area contributed by atoms with Gasteiger partial charge in [0.05, 0.1) is 13.3 Å². The van der Waals surface area contributed by atoms with E-state index in [0.717, 1.165) is 24.2 Å². The van der Waals surface area contributed by atoms with Crippen molar-refractivity contribution in [1.29, 1.82) is 0 Å². The van der Waals surface area contributed by atoms with Crippen LogP contribution in [0.5, 0.6) is 5.75 Å². The third-order valence-electron chi connectivity index (χ3n) is 3.08. The summed E-state index contributed by atoms with van der Waals surface area (Å²) in [4.78, 5) is 12.0. The molecule has 2 aromatic rings. The van der Waals surface area contributed by atoms with E-state index < -0.39 is 0 Å². The molecule has 0 bridgehead atoms. The summed E-state index contributed by atoms with van der Waals surface area (Å²) in [5.41, 5.74) is 1.27. The van der Waals surface area contributed by atoms with Crippen molar-refractivity contribution in [2.75, 3.05) is 7.11 Å². The number of carbonyl (C=O) groups excluding carboxylic acids is 1. The molecule has 1 aliphatic carbocycles. The molecule has 3 rings (SSSR count). The molecule has 0 unspecified atom stereocenters. The van der Waals surface area contributed by atoms with Crippen molar-refractivity contribution in [3.8, 4) is 17.1 Å². The number of nitrogens with zero attached hydrogens (tertiary/aromatic N) is 1. The number of hydrogen-bond donors (Lipinski definition) is 1. The Balaban J connectivity index is 1.87. The molecule has 0 radical (unpaired) electrons. The van der Waals surface area contributed by atoms with Crippen LogP contribution < -0.4 is 10.1 Å². The van der Waals surface area contributed by atoms with E-state index in [-0.39, 0.29) is 5.91 Å². The summed E-state index contributed by atoms with van der Waals surface area (Å²) >= 11 is 0. The molecule has 19 heavy (non-hydrogen) atoms. The Hall–Kier alpha value is -2.30. The van der Waals surface area contributed by atoms with Crippen molar-refractivity contribution < 1.29 is 14.1 Å². The lowest BCUT2D eigenvalue weighted by Crippen LogP contribution is -2.25. The highest BCUT2D eigenvalue weighted by Gasteiger charge is 2.26. The van der Waals surface area contributed by atoms with E-state index in [2.05, 4.69) is 10.5 Å². The first-order valence-corrected chi connectivity index (χ1v) is 6.18. The summed E-state index contributed by atoms with van der Waals surface area (Å²) in [5, 5.41) is 6.65. The van der Waals surface area contributed by atoms with Gasteiger partial charge in [0.2, 0.25) is 0 Å². The zero-order valence-electron chi connectivity index (χ0n) is 10.6. The summed E-state index contributed by atoms with van der Waals surface area (Å²) in [6.45, 7) is 0. The third-order valence-corrected chi connectivity index (χ3v) is 3.08. The molecular weight excluding hydrogens is 244 g/mol. The molecule has 1 aliphatic rings. The molecule has 0 atom stereocenters. The van der Waals surface area contributed by atoms with Gasteiger partial charge in [0, 0.05) is 11.6 Å². The topological polar surface area (TPSA) is 64.4 Å². The molecule has 5 heteroatoms. The number of benzene rings is 1. The molecule has 1 N–H and O–H groups in total. The van der Waals surface area contributed by atoms with Crippen molar-refractivity contribution in [1.82, 2.24) is 10.5 Å². The molecule has 5 nitrogen and oxygen atoms in total. The highest BCUT2D eigenvalue weighted by Crippen LogP contribution is 2.27. The van der Waals surface area contributed by atoms with Gasteiger partial charge >= 0.3 is 0 Å². The zero-order chi connectivity index (χ0) is 13.2. The van der Waals surface area contributed by atoms with Gasteiger partial charge in [-0.25, -0.2) is 0 Å². The smallest absolute Gasteiger partial charge is 0.257 e. The maximum absolute atomic E-state index is 12.0. The molecule has 1 heterocycles. The highest BCUT2D eigenvalue weighted by atomic mass is 16.5. The van der Waals surface area contributed by atoms with Crippen molar-refractivity contribution in [3.05, 3.63) is 36.0 Å². The molecule has 98 valence electrons. The predicted octanol–water partition coefficient (Wildman–Crippen LogP) is 2.24. The summed E-state index contributed by atoms with van der Waals surface area (Å²) in [5.74, 6) is 1.11. The summed E-state index contributed by atoms with van der Waals surface area (Å²) in [6.07, 6.45) is 3.56. The van der Waals surface area contributed by atoms with Crippen LogP contribution in [0.15, 0.2) is 35.0 Å². The van der Waals surface area contributed by atoms with Crippen molar-refractivity contribution >= 4 is 5.91 Å². The fourth-order valence-electron chi connectivity index (χ4n) is 1.84. The zero-order valence-corrected chi connectivity index (χ0v) is 10.6. The molecule has 1 aromatic carbocycles. The number of aromatic nitrogens is 1. The molecule has 0 saturated heterocycles. The normalized spacial score (nSPS) is 14.2. The Morgan fingerprint density at radius 2 is 2.11 bits per heavy atom. The largest absolute Gasteiger partial charge is 0.497 e. The quantitative estimate of drug-likeness (QED) is 0.913. The van der Waals surface area contributed by atoms with Crippen LogP contribution in [0.1, 0.15) is 23.2 Å². The summed E-state index contributed by atoms with van der Waals surface area (Å²) in [7, 11) is 1.61. The molecule has 0 aliphatic heterocycles. The van der Waals surface area contributed by atoms with E-state index in [1.807, 2.05) is 24.3 Å². The van der Waals surface area contributed by atoms with Gasteiger partial charge in [-0.2, -0.15) is 0 Å². The van der Waals surface area contributed by atoms with Gasteiger partial charge in [0.1, 0.15) is 11.3 Å². The molecule has 0 spiro atoms. The van der Waals surface area contributed by atoms with Crippen LogP contribution in [0.3, 0.4) is 0 Å². The van der Waals surface area contributed by atoms with Crippen LogP contribution in [0.2, 0.25) is 0 Å². The standard InChI is InChI=1S/C14H14N2O3/c1-18-11-6-2-9(3-7-11)13-12(8-15-19-13)14(17)16-10-4-5-10/h2-3,6-8,10H,4-5H2,1H3,(H,16,17). The Morgan fingerprint density at radius 1 is 1.37 bits per heavy atom. The summed E-state index contributed by atoms with van der Waals surface area (Å²) in [6, 6.07) is 7.63. The van der Waals surface area contributed by atoms with Gasteiger partial charge in [0.15, 0.2) is 5.76 Å². The molecular formula is C14H14N2O3. The van der Waals surface area contributed by atoms with Crippen LogP contribution in [-0.2, 0) is 0 Å². The van der Waals surface area contributed by atoms with Crippen LogP contribution >= 0.6 is 0 Å². The van der Waals surface area contributed by atoms with Gasteiger partial charge in [0.25, 0.3) is 5.91 Å². The van der Waals surface area contributed by atoms with Crippen molar-refractivity contribution in [2.45, 2.75) is 18.9 Å². The fraction of sp³-hybridized carbons (Fsp3) is 0.286. The second-order valence-electron chi connectivity index (χ2n) is 4.54. The number of nitrogens with one attached hydrogen (secondary N) is 1. The first kappa shape index (κ1) is 11.8. The lowest BCUT2D eigenvalue weighted by atomic mass is 10.1. The Kier molecular flexibility index (Phi) is 2.95. The molecule has 1 aromatic heterocycles. The summed E-state index contributed by atoms with van der Waals surface area (Å²) < 4.78 is 10.3. The number of carbonyl (C=O) groups is 1. The molecule has 1 saturated carbocycles. The lowest BCUT2D eigenvalue weighted by Gasteiger charge is -2.04. The van der Waals surface area contributed by atoms with Crippen LogP contribution in [0.25, 0.3) is 11.3 Å². The number of amides is 1. The Morgan fingerprint density at radius 3 is 2.74 bits per heavy atom. The Bertz CT molecular complexity index is 585. The fourth-order valence-corrected chi connectivity index (χ4v) is 1.84. The van der Waals surface area contributed by atoms with Gasteiger partial charge in [-0.3, -0.25) is 4.79 Å².